The molecule has 0 saturated carbocycles. The molecule has 130 valence electrons. The van der Waals surface area contributed by atoms with Gasteiger partial charge in [0.05, 0.1) is 18.7 Å². The highest BCUT2D eigenvalue weighted by atomic mass is 35.5. The zero-order valence-corrected chi connectivity index (χ0v) is 14.4. The standard InChI is InChI=1S/C19H17ClO5/c1-22-15-5-2-13(3-6-15)8-9-23-18(21)7-4-14-10-16(20)19-17(11-14)24-12-25-19/h2-7,10-11H,8-9,12H2,1H3/b7-4+. The minimum Gasteiger partial charge on any atom is -0.497 e. The molecule has 1 aliphatic rings. The maximum Gasteiger partial charge on any atom is 0.330 e. The number of ether oxygens (including phenoxy) is 4. The van der Waals surface area contributed by atoms with Gasteiger partial charge in [0, 0.05) is 12.5 Å². The smallest absolute Gasteiger partial charge is 0.330 e. The molecular formula is C19H17ClO5. The lowest BCUT2D eigenvalue weighted by atomic mass is 10.1. The van der Waals surface area contributed by atoms with Crippen LogP contribution in [0.15, 0.2) is 42.5 Å². The minimum atomic E-state index is -0.415. The van der Waals surface area contributed by atoms with Crippen molar-refractivity contribution in [3.63, 3.8) is 0 Å². The zero-order chi connectivity index (χ0) is 17.6. The lowest BCUT2D eigenvalue weighted by molar-refractivity contribution is -0.137. The summed E-state index contributed by atoms with van der Waals surface area (Å²) in [5.74, 6) is 1.48. The first kappa shape index (κ1) is 17.2. The molecule has 25 heavy (non-hydrogen) atoms. The molecule has 0 aliphatic carbocycles. The predicted octanol–water partition coefficient (Wildman–Crippen LogP) is 3.88. The van der Waals surface area contributed by atoms with Gasteiger partial charge in [0.1, 0.15) is 5.75 Å². The predicted molar refractivity (Wildman–Crippen MR) is 94.3 cm³/mol. The van der Waals surface area contributed by atoms with E-state index in [4.69, 9.17) is 30.5 Å². The Morgan fingerprint density at radius 2 is 2.04 bits per heavy atom. The molecule has 2 aromatic rings. The molecule has 5 nitrogen and oxygen atoms in total. The fourth-order valence-corrected chi connectivity index (χ4v) is 2.63. The van der Waals surface area contributed by atoms with Crippen LogP contribution >= 0.6 is 11.6 Å². The molecular weight excluding hydrogens is 344 g/mol. The Labute approximate surface area is 150 Å². The quantitative estimate of drug-likeness (QED) is 0.578. The fourth-order valence-electron chi connectivity index (χ4n) is 2.36. The fraction of sp³-hybridized carbons (Fsp3) is 0.211. The maximum atomic E-state index is 11.8. The Balaban J connectivity index is 1.50. The summed E-state index contributed by atoms with van der Waals surface area (Å²) in [5.41, 5.74) is 1.81. The molecule has 0 bridgehead atoms. The van der Waals surface area contributed by atoms with Crippen molar-refractivity contribution < 1.29 is 23.7 Å². The van der Waals surface area contributed by atoms with Gasteiger partial charge in [-0.05, 0) is 41.5 Å². The van der Waals surface area contributed by atoms with Crippen LogP contribution in [-0.4, -0.2) is 26.5 Å². The number of carbonyl (C=O) groups excluding carboxylic acids is 1. The molecule has 0 N–H and O–H groups in total. The molecule has 0 unspecified atom stereocenters. The van der Waals surface area contributed by atoms with Gasteiger partial charge in [-0.15, -0.1) is 0 Å². The molecule has 1 aliphatic heterocycles. The number of hydrogen-bond acceptors (Lipinski definition) is 5. The van der Waals surface area contributed by atoms with Gasteiger partial charge in [-0.25, -0.2) is 4.79 Å². The van der Waals surface area contributed by atoms with E-state index in [0.717, 1.165) is 16.9 Å². The topological polar surface area (TPSA) is 54.0 Å². The Morgan fingerprint density at radius 1 is 1.24 bits per heavy atom. The highest BCUT2D eigenvalue weighted by Gasteiger charge is 2.17. The molecule has 3 rings (SSSR count). The van der Waals surface area contributed by atoms with Crippen LogP contribution in [0.5, 0.6) is 17.2 Å². The van der Waals surface area contributed by atoms with Crippen LogP contribution in [-0.2, 0) is 16.0 Å². The van der Waals surface area contributed by atoms with Crippen LogP contribution in [0.25, 0.3) is 6.08 Å². The van der Waals surface area contributed by atoms with Gasteiger partial charge >= 0.3 is 5.97 Å². The first-order valence-electron chi connectivity index (χ1n) is 7.72. The Kier molecular flexibility index (Phi) is 5.46. The Bertz CT molecular complexity index is 783. The third-order valence-electron chi connectivity index (χ3n) is 3.66. The van der Waals surface area contributed by atoms with Crippen LogP contribution in [0.4, 0.5) is 0 Å². The van der Waals surface area contributed by atoms with Gasteiger partial charge in [-0.1, -0.05) is 23.7 Å². The van der Waals surface area contributed by atoms with Crippen molar-refractivity contribution in [1.82, 2.24) is 0 Å². The van der Waals surface area contributed by atoms with Crippen molar-refractivity contribution in [2.75, 3.05) is 20.5 Å². The van der Waals surface area contributed by atoms with Crippen LogP contribution < -0.4 is 14.2 Å². The molecule has 0 spiro atoms. The lowest BCUT2D eigenvalue weighted by Crippen LogP contribution is -2.04. The van der Waals surface area contributed by atoms with Crippen LogP contribution in [0.3, 0.4) is 0 Å². The average molecular weight is 361 g/mol. The van der Waals surface area contributed by atoms with Gasteiger partial charge in [-0.2, -0.15) is 0 Å². The summed E-state index contributed by atoms with van der Waals surface area (Å²) in [4.78, 5) is 11.8. The maximum absolute atomic E-state index is 11.8. The summed E-state index contributed by atoms with van der Waals surface area (Å²) in [6.45, 7) is 0.451. The van der Waals surface area contributed by atoms with Crippen molar-refractivity contribution >= 4 is 23.6 Å². The van der Waals surface area contributed by atoms with Gasteiger partial charge in [0.25, 0.3) is 0 Å². The molecule has 1 heterocycles. The Morgan fingerprint density at radius 3 is 2.80 bits per heavy atom. The van der Waals surface area contributed by atoms with Gasteiger partial charge in [0.15, 0.2) is 11.5 Å². The number of methoxy groups -OCH3 is 1. The van der Waals surface area contributed by atoms with Crippen molar-refractivity contribution in [1.29, 1.82) is 0 Å². The summed E-state index contributed by atoms with van der Waals surface area (Å²) in [5, 5.41) is 0.447. The summed E-state index contributed by atoms with van der Waals surface area (Å²) in [7, 11) is 1.62. The second-order valence-corrected chi connectivity index (χ2v) is 5.74. The molecule has 0 fully saturated rings. The largest absolute Gasteiger partial charge is 0.497 e. The average Bonchev–Trinajstić information content (AvgIpc) is 3.10. The minimum absolute atomic E-state index is 0.148. The van der Waals surface area contributed by atoms with Gasteiger partial charge in [-0.3, -0.25) is 0 Å². The van der Waals surface area contributed by atoms with Gasteiger partial charge < -0.3 is 18.9 Å². The molecule has 0 atom stereocenters. The second-order valence-electron chi connectivity index (χ2n) is 5.34. The van der Waals surface area contributed by atoms with Crippen LogP contribution in [0.1, 0.15) is 11.1 Å². The SMILES string of the molecule is COc1ccc(CCOC(=O)/C=C/c2cc(Cl)c3c(c2)OCO3)cc1. The molecule has 0 aromatic heterocycles. The monoisotopic (exact) mass is 360 g/mol. The van der Waals surface area contributed by atoms with E-state index >= 15 is 0 Å². The van der Waals surface area contributed by atoms with E-state index in [-0.39, 0.29) is 6.79 Å². The molecule has 0 radical (unpaired) electrons. The van der Waals surface area contributed by atoms with Gasteiger partial charge in [0.2, 0.25) is 6.79 Å². The summed E-state index contributed by atoms with van der Waals surface area (Å²) >= 11 is 6.10. The number of hydrogen-bond donors (Lipinski definition) is 0. The second kappa shape index (κ2) is 7.94. The first-order valence-corrected chi connectivity index (χ1v) is 8.10. The van der Waals surface area contributed by atoms with Crippen LogP contribution in [0, 0.1) is 0 Å². The Hall–Kier alpha value is -2.66. The van der Waals surface area contributed by atoms with E-state index in [1.807, 2.05) is 24.3 Å². The van der Waals surface area contributed by atoms with E-state index in [0.29, 0.717) is 29.5 Å². The van der Waals surface area contributed by atoms with Crippen molar-refractivity contribution in [2.24, 2.45) is 0 Å². The number of rotatable bonds is 6. The highest BCUT2D eigenvalue weighted by Crippen LogP contribution is 2.40. The highest BCUT2D eigenvalue weighted by molar-refractivity contribution is 6.32. The van der Waals surface area contributed by atoms with E-state index in [2.05, 4.69) is 0 Å². The number of esters is 1. The van der Waals surface area contributed by atoms with E-state index < -0.39 is 5.97 Å². The van der Waals surface area contributed by atoms with Crippen LogP contribution in [0.2, 0.25) is 5.02 Å². The van der Waals surface area contributed by atoms with E-state index in [9.17, 15) is 4.79 Å². The summed E-state index contributed by atoms with van der Waals surface area (Å²) in [6, 6.07) is 11.1. The van der Waals surface area contributed by atoms with E-state index in [1.54, 1.807) is 25.3 Å². The normalized spacial score (nSPS) is 12.4. The van der Waals surface area contributed by atoms with Crippen molar-refractivity contribution in [3.8, 4) is 17.2 Å². The third-order valence-corrected chi connectivity index (χ3v) is 3.94. The number of carbonyl (C=O) groups is 1. The summed E-state index contributed by atoms with van der Waals surface area (Å²) in [6.07, 6.45) is 3.63. The first-order chi connectivity index (χ1) is 12.2. The number of benzene rings is 2. The third kappa shape index (κ3) is 4.45. The zero-order valence-electron chi connectivity index (χ0n) is 13.7. The summed E-state index contributed by atoms with van der Waals surface area (Å²) < 4.78 is 20.8. The molecule has 0 saturated heterocycles. The molecule has 2 aromatic carbocycles. The number of fused-ring (bicyclic) bond motifs is 1. The lowest BCUT2D eigenvalue weighted by Gasteiger charge is -2.04. The molecule has 0 amide bonds. The van der Waals surface area contributed by atoms with Crippen molar-refractivity contribution in [3.05, 3.63) is 58.6 Å². The number of halogens is 1. The molecule has 6 heteroatoms. The van der Waals surface area contributed by atoms with E-state index in [1.165, 1.54) is 6.08 Å². The van der Waals surface area contributed by atoms with Crippen molar-refractivity contribution in [2.45, 2.75) is 6.42 Å².